The molecular formula is C17H14N6OS. The van der Waals surface area contributed by atoms with Crippen LogP contribution in [0.15, 0.2) is 54.6 Å². The van der Waals surface area contributed by atoms with E-state index in [1.54, 1.807) is 18.6 Å². The highest BCUT2D eigenvalue weighted by Gasteiger charge is 2.05. The van der Waals surface area contributed by atoms with Crippen LogP contribution in [0.1, 0.15) is 5.56 Å². The number of hydrogen-bond acceptors (Lipinski definition) is 8. The molecule has 4 aromatic rings. The van der Waals surface area contributed by atoms with Crippen LogP contribution in [-0.4, -0.2) is 31.5 Å². The molecule has 1 aromatic carbocycles. The second kappa shape index (κ2) is 7.18. The van der Waals surface area contributed by atoms with E-state index in [0.29, 0.717) is 22.2 Å². The molecule has 0 aliphatic heterocycles. The highest BCUT2D eigenvalue weighted by Crippen LogP contribution is 2.23. The summed E-state index contributed by atoms with van der Waals surface area (Å²) in [6.45, 7) is 0.732. The predicted octanol–water partition coefficient (Wildman–Crippen LogP) is 3.32. The average molecular weight is 350 g/mol. The molecule has 0 amide bonds. The third-order valence-corrected chi connectivity index (χ3v) is 4.16. The summed E-state index contributed by atoms with van der Waals surface area (Å²) >= 11 is 1.47. The first-order valence-electron chi connectivity index (χ1n) is 7.70. The average Bonchev–Trinajstić information content (AvgIpc) is 3.16. The molecule has 0 saturated carbocycles. The van der Waals surface area contributed by atoms with E-state index in [2.05, 4.69) is 30.2 Å². The van der Waals surface area contributed by atoms with Crippen LogP contribution in [0.5, 0.6) is 10.9 Å². The maximum absolute atomic E-state index is 5.65. The molecule has 0 aliphatic rings. The van der Waals surface area contributed by atoms with E-state index in [4.69, 9.17) is 4.74 Å². The van der Waals surface area contributed by atoms with Crippen molar-refractivity contribution in [2.24, 2.45) is 0 Å². The summed E-state index contributed by atoms with van der Waals surface area (Å²) in [5.74, 6) is 1.48. The van der Waals surface area contributed by atoms with Gasteiger partial charge in [0, 0.05) is 30.5 Å². The maximum Gasteiger partial charge on any atom is 0.278 e. The Morgan fingerprint density at radius 3 is 2.64 bits per heavy atom. The lowest BCUT2D eigenvalue weighted by Gasteiger charge is -2.08. The monoisotopic (exact) mass is 350 g/mol. The summed E-state index contributed by atoms with van der Waals surface area (Å²) in [6.07, 6.45) is 7.32. The summed E-state index contributed by atoms with van der Waals surface area (Å²) in [4.78, 5) is 20.9. The van der Waals surface area contributed by atoms with E-state index in [1.165, 1.54) is 23.2 Å². The van der Waals surface area contributed by atoms with Gasteiger partial charge in [0.2, 0.25) is 0 Å². The topological polar surface area (TPSA) is 85.7 Å². The van der Waals surface area contributed by atoms with Crippen molar-refractivity contribution in [2.75, 3.05) is 11.9 Å². The van der Waals surface area contributed by atoms with Gasteiger partial charge in [0.15, 0.2) is 11.5 Å². The second-order valence-electron chi connectivity index (χ2n) is 5.17. The SMILES string of the molecule is c1csc(Oc2ccc(CCNc3ncnc4nccnc34)cc2)n1. The second-order valence-corrected chi connectivity index (χ2v) is 6.03. The van der Waals surface area contributed by atoms with Crippen molar-refractivity contribution in [1.82, 2.24) is 24.9 Å². The van der Waals surface area contributed by atoms with Gasteiger partial charge in [0.05, 0.1) is 0 Å². The zero-order valence-corrected chi connectivity index (χ0v) is 14.0. The van der Waals surface area contributed by atoms with Gasteiger partial charge in [-0.1, -0.05) is 23.5 Å². The van der Waals surface area contributed by atoms with Crippen LogP contribution in [-0.2, 0) is 6.42 Å². The number of hydrogen-bond donors (Lipinski definition) is 1. The highest BCUT2D eigenvalue weighted by molar-refractivity contribution is 7.11. The standard InChI is InChI=1S/C17H14N6OS/c1-3-13(24-17-21-9-10-25-17)4-2-12(1)5-6-19-15-14-16(23-11-22-15)20-8-7-18-14/h1-4,7-11H,5-6H2,(H,19,20,22,23). The molecule has 0 spiro atoms. The molecule has 3 heterocycles. The molecule has 0 aliphatic carbocycles. The minimum absolute atomic E-state index is 0.587. The minimum Gasteiger partial charge on any atom is -0.431 e. The molecule has 8 heteroatoms. The van der Waals surface area contributed by atoms with E-state index in [1.807, 2.05) is 29.6 Å². The fourth-order valence-corrected chi connectivity index (χ4v) is 2.84. The molecule has 0 radical (unpaired) electrons. The van der Waals surface area contributed by atoms with Gasteiger partial charge in [-0.3, -0.25) is 0 Å². The number of thiazole rings is 1. The molecule has 7 nitrogen and oxygen atoms in total. The van der Waals surface area contributed by atoms with Crippen molar-refractivity contribution in [1.29, 1.82) is 0 Å². The molecule has 0 saturated heterocycles. The van der Waals surface area contributed by atoms with Crippen molar-refractivity contribution in [3.05, 3.63) is 60.1 Å². The smallest absolute Gasteiger partial charge is 0.278 e. The van der Waals surface area contributed by atoms with Crippen molar-refractivity contribution >= 4 is 28.3 Å². The quantitative estimate of drug-likeness (QED) is 0.571. The molecule has 0 fully saturated rings. The number of nitrogens with zero attached hydrogens (tertiary/aromatic N) is 5. The van der Waals surface area contributed by atoms with Gasteiger partial charge < -0.3 is 10.1 Å². The van der Waals surface area contributed by atoms with Gasteiger partial charge in [-0.05, 0) is 24.1 Å². The van der Waals surface area contributed by atoms with Crippen molar-refractivity contribution in [2.45, 2.75) is 6.42 Å². The molecule has 0 unspecified atom stereocenters. The van der Waals surface area contributed by atoms with Crippen LogP contribution in [0.25, 0.3) is 11.2 Å². The first-order chi connectivity index (χ1) is 12.4. The largest absolute Gasteiger partial charge is 0.431 e. The minimum atomic E-state index is 0.587. The molecule has 3 aromatic heterocycles. The van der Waals surface area contributed by atoms with Crippen LogP contribution in [0, 0.1) is 0 Å². The first kappa shape index (κ1) is 15.4. The van der Waals surface area contributed by atoms with E-state index in [9.17, 15) is 0 Å². The first-order valence-corrected chi connectivity index (χ1v) is 8.58. The van der Waals surface area contributed by atoms with Gasteiger partial charge in [0.25, 0.3) is 5.19 Å². The Morgan fingerprint density at radius 1 is 0.920 bits per heavy atom. The number of anilines is 1. The predicted molar refractivity (Wildman–Crippen MR) is 96.0 cm³/mol. The van der Waals surface area contributed by atoms with Gasteiger partial charge in [-0.15, -0.1) is 0 Å². The van der Waals surface area contributed by atoms with Crippen LogP contribution in [0.2, 0.25) is 0 Å². The van der Waals surface area contributed by atoms with E-state index in [0.717, 1.165) is 18.7 Å². The number of benzene rings is 1. The Hall–Kier alpha value is -3.13. The van der Waals surface area contributed by atoms with E-state index < -0.39 is 0 Å². The molecule has 1 N–H and O–H groups in total. The van der Waals surface area contributed by atoms with Crippen LogP contribution < -0.4 is 10.1 Å². The highest BCUT2D eigenvalue weighted by atomic mass is 32.1. The molecule has 25 heavy (non-hydrogen) atoms. The van der Waals surface area contributed by atoms with Crippen LogP contribution in [0.4, 0.5) is 5.82 Å². The molecule has 4 rings (SSSR count). The van der Waals surface area contributed by atoms with Gasteiger partial charge >= 0.3 is 0 Å². The van der Waals surface area contributed by atoms with Crippen molar-refractivity contribution < 1.29 is 4.74 Å². The number of rotatable bonds is 6. The number of aromatic nitrogens is 5. The summed E-state index contributed by atoms with van der Waals surface area (Å²) in [5, 5.41) is 5.82. The summed E-state index contributed by atoms with van der Waals surface area (Å²) in [7, 11) is 0. The number of ether oxygens (including phenoxy) is 1. The zero-order chi connectivity index (χ0) is 16.9. The summed E-state index contributed by atoms with van der Waals surface area (Å²) < 4.78 is 5.65. The lowest BCUT2D eigenvalue weighted by molar-refractivity contribution is 0.478. The Bertz CT molecular complexity index is 953. The van der Waals surface area contributed by atoms with Gasteiger partial charge in [-0.2, -0.15) is 0 Å². The van der Waals surface area contributed by atoms with E-state index >= 15 is 0 Å². The Balaban J connectivity index is 1.36. The third kappa shape index (κ3) is 3.69. The van der Waals surface area contributed by atoms with Crippen molar-refractivity contribution in [3.8, 4) is 10.9 Å². The maximum atomic E-state index is 5.65. The Morgan fingerprint density at radius 2 is 1.80 bits per heavy atom. The van der Waals surface area contributed by atoms with Crippen molar-refractivity contribution in [3.63, 3.8) is 0 Å². The zero-order valence-electron chi connectivity index (χ0n) is 13.2. The number of nitrogens with one attached hydrogen (secondary N) is 1. The molecule has 124 valence electrons. The van der Waals surface area contributed by atoms with Gasteiger partial charge in [0.1, 0.15) is 17.6 Å². The Labute approximate surface area is 147 Å². The summed E-state index contributed by atoms with van der Waals surface area (Å²) in [6, 6.07) is 7.98. The lowest BCUT2D eigenvalue weighted by Crippen LogP contribution is -2.07. The molecule has 0 atom stereocenters. The van der Waals surface area contributed by atoms with Gasteiger partial charge in [-0.25, -0.2) is 24.9 Å². The van der Waals surface area contributed by atoms with E-state index in [-0.39, 0.29) is 0 Å². The third-order valence-electron chi connectivity index (χ3n) is 3.51. The lowest BCUT2D eigenvalue weighted by atomic mass is 10.1. The van der Waals surface area contributed by atoms with Crippen LogP contribution >= 0.6 is 11.3 Å². The normalized spacial score (nSPS) is 10.7. The number of fused-ring (bicyclic) bond motifs is 1. The fourth-order valence-electron chi connectivity index (χ4n) is 2.33. The Kier molecular flexibility index (Phi) is 4.42. The molecule has 0 bridgehead atoms. The fraction of sp³-hybridized carbons (Fsp3) is 0.118. The van der Waals surface area contributed by atoms with Crippen LogP contribution in [0.3, 0.4) is 0 Å². The molecular weight excluding hydrogens is 336 g/mol. The summed E-state index contributed by atoms with van der Waals surface area (Å²) in [5.41, 5.74) is 2.46.